The van der Waals surface area contributed by atoms with E-state index in [4.69, 9.17) is 0 Å². The van der Waals surface area contributed by atoms with Crippen molar-refractivity contribution in [1.82, 2.24) is 4.72 Å². The molecule has 12 heteroatoms. The van der Waals surface area contributed by atoms with Gasteiger partial charge in [0.1, 0.15) is 17.0 Å². The third-order valence-electron chi connectivity index (χ3n) is 3.42. The molecule has 0 fully saturated rings. The Hall–Kier alpha value is -2.44. The fourth-order valence-corrected chi connectivity index (χ4v) is 3.56. The largest absolute Gasteiger partial charge is 0.468 e. The standard InChI is InChI=1S/C17H23N3O7S2/c1-17(2,3)28(24)18-12-6-5-7-15(16(21)27-4)19-29(25,26)14-10-8-13(9-11-14)20(22)23/h5-6,8-12,15,19H,7H2,1-4H3/b6-5+,18-12?/t15-,28-/m0/s1. The number of methoxy groups -OCH3 is 1. The summed E-state index contributed by atoms with van der Waals surface area (Å²) in [5.41, 5.74) is -0.261. The molecule has 0 heterocycles. The summed E-state index contributed by atoms with van der Waals surface area (Å²) in [7, 11) is -4.44. The van der Waals surface area contributed by atoms with Crippen LogP contribution < -0.4 is 4.72 Å². The molecule has 1 aromatic rings. The van der Waals surface area contributed by atoms with Gasteiger partial charge in [0.25, 0.3) is 5.69 Å². The molecule has 2 atom stereocenters. The predicted molar refractivity (Wildman–Crippen MR) is 109 cm³/mol. The topological polar surface area (TPSA) is 145 Å². The number of hydrogen-bond donors (Lipinski definition) is 1. The van der Waals surface area contributed by atoms with Gasteiger partial charge in [0, 0.05) is 18.3 Å². The van der Waals surface area contributed by atoms with Crippen molar-refractivity contribution in [3.8, 4) is 0 Å². The summed E-state index contributed by atoms with van der Waals surface area (Å²) < 4.78 is 46.9. The molecular formula is C17H23N3O7S2. The second kappa shape index (κ2) is 10.4. The number of nitrogens with zero attached hydrogens (tertiary/aromatic N) is 2. The minimum atomic E-state index is -4.12. The molecule has 1 rings (SSSR count). The van der Waals surface area contributed by atoms with Gasteiger partial charge in [0.05, 0.1) is 21.7 Å². The van der Waals surface area contributed by atoms with E-state index < -0.39 is 42.7 Å². The van der Waals surface area contributed by atoms with E-state index in [1.165, 1.54) is 18.4 Å². The van der Waals surface area contributed by atoms with Gasteiger partial charge >= 0.3 is 5.97 Å². The zero-order valence-corrected chi connectivity index (χ0v) is 18.0. The number of allylic oxidation sites excluding steroid dienone is 1. The summed E-state index contributed by atoms with van der Waals surface area (Å²) in [6.45, 7) is 5.30. The molecule has 0 saturated carbocycles. The van der Waals surface area contributed by atoms with E-state index in [-0.39, 0.29) is 17.0 Å². The Kier molecular flexibility index (Phi) is 8.80. The van der Waals surface area contributed by atoms with Gasteiger partial charge < -0.3 is 4.74 Å². The van der Waals surface area contributed by atoms with E-state index in [1.807, 2.05) is 0 Å². The van der Waals surface area contributed by atoms with Crippen LogP contribution >= 0.6 is 0 Å². The lowest BCUT2D eigenvalue weighted by molar-refractivity contribution is -0.384. The Morgan fingerprint density at radius 3 is 2.41 bits per heavy atom. The number of carbonyl (C=O) groups excluding carboxylic acids is 1. The summed E-state index contributed by atoms with van der Waals surface area (Å²) in [5, 5.41) is 10.7. The van der Waals surface area contributed by atoms with Crippen LogP contribution in [0.4, 0.5) is 5.69 Å². The number of rotatable bonds is 9. The molecule has 0 unspecified atom stereocenters. The van der Waals surface area contributed by atoms with Crippen molar-refractivity contribution in [2.45, 2.75) is 42.9 Å². The van der Waals surface area contributed by atoms with Crippen molar-refractivity contribution in [1.29, 1.82) is 0 Å². The Morgan fingerprint density at radius 2 is 1.93 bits per heavy atom. The summed E-state index contributed by atoms with van der Waals surface area (Å²) in [5.74, 6) is -0.810. The van der Waals surface area contributed by atoms with E-state index >= 15 is 0 Å². The highest BCUT2D eigenvalue weighted by molar-refractivity contribution is 7.89. The summed E-state index contributed by atoms with van der Waals surface area (Å²) >= 11 is 0. The fraction of sp³-hybridized carbons (Fsp3) is 0.412. The molecule has 10 nitrogen and oxygen atoms in total. The number of sulfonamides is 1. The lowest BCUT2D eigenvalue weighted by Crippen LogP contribution is -2.41. The summed E-state index contributed by atoms with van der Waals surface area (Å²) in [6.07, 6.45) is 4.18. The van der Waals surface area contributed by atoms with Crippen LogP contribution in [-0.4, -0.2) is 47.6 Å². The summed E-state index contributed by atoms with van der Waals surface area (Å²) in [6, 6.07) is 3.01. The smallest absolute Gasteiger partial charge is 0.324 e. The van der Waals surface area contributed by atoms with E-state index in [1.54, 1.807) is 20.8 Å². The van der Waals surface area contributed by atoms with Crippen LogP contribution in [0.2, 0.25) is 0 Å². The minimum Gasteiger partial charge on any atom is -0.468 e. The van der Waals surface area contributed by atoms with Crippen LogP contribution in [-0.2, 0) is 30.5 Å². The number of benzene rings is 1. The van der Waals surface area contributed by atoms with Gasteiger partial charge in [-0.1, -0.05) is 6.08 Å². The van der Waals surface area contributed by atoms with Crippen LogP contribution in [0.15, 0.2) is 45.7 Å². The van der Waals surface area contributed by atoms with E-state index in [0.717, 1.165) is 31.4 Å². The van der Waals surface area contributed by atoms with Crippen molar-refractivity contribution in [2.75, 3.05) is 7.11 Å². The monoisotopic (exact) mass is 445 g/mol. The minimum absolute atomic E-state index is 0.0486. The van der Waals surface area contributed by atoms with Crippen molar-refractivity contribution in [2.24, 2.45) is 4.40 Å². The van der Waals surface area contributed by atoms with Gasteiger partial charge in [-0.15, -0.1) is 0 Å². The van der Waals surface area contributed by atoms with E-state index in [2.05, 4.69) is 13.9 Å². The van der Waals surface area contributed by atoms with Crippen LogP contribution in [0.3, 0.4) is 0 Å². The third kappa shape index (κ3) is 7.83. The third-order valence-corrected chi connectivity index (χ3v) is 6.26. The first kappa shape index (κ1) is 24.6. The lowest BCUT2D eigenvalue weighted by atomic mass is 10.2. The number of carbonyl (C=O) groups is 1. The number of non-ortho nitro benzene ring substituents is 1. The maximum Gasteiger partial charge on any atom is 0.324 e. The molecule has 0 aliphatic heterocycles. The number of nitro benzene ring substituents is 1. The first-order valence-corrected chi connectivity index (χ1v) is 10.9. The molecule has 0 aliphatic rings. The molecule has 0 aliphatic carbocycles. The lowest BCUT2D eigenvalue weighted by Gasteiger charge is -2.15. The number of hydrogen-bond acceptors (Lipinski definition) is 7. The average Bonchev–Trinajstić information content (AvgIpc) is 2.65. The fourth-order valence-electron chi connectivity index (χ4n) is 1.86. The predicted octanol–water partition coefficient (Wildman–Crippen LogP) is 1.89. The van der Waals surface area contributed by atoms with Crippen molar-refractivity contribution in [3.05, 3.63) is 46.5 Å². The first-order valence-electron chi connectivity index (χ1n) is 8.34. The Bertz CT molecular complexity index is 917. The average molecular weight is 446 g/mol. The molecule has 1 N–H and O–H groups in total. The van der Waals surface area contributed by atoms with Gasteiger partial charge in [0.15, 0.2) is 0 Å². The highest BCUT2D eigenvalue weighted by Gasteiger charge is 2.26. The molecule has 0 spiro atoms. The van der Waals surface area contributed by atoms with Crippen molar-refractivity contribution in [3.63, 3.8) is 0 Å². The molecule has 1 aromatic carbocycles. The summed E-state index contributed by atoms with van der Waals surface area (Å²) in [4.78, 5) is 21.7. The van der Waals surface area contributed by atoms with Crippen LogP contribution in [0.25, 0.3) is 0 Å². The van der Waals surface area contributed by atoms with E-state index in [9.17, 15) is 27.5 Å². The van der Waals surface area contributed by atoms with Crippen LogP contribution in [0.5, 0.6) is 0 Å². The molecule has 0 amide bonds. The highest BCUT2D eigenvalue weighted by Crippen LogP contribution is 2.16. The van der Waals surface area contributed by atoms with Gasteiger partial charge in [-0.05, 0) is 45.4 Å². The maximum absolute atomic E-state index is 12.5. The van der Waals surface area contributed by atoms with Gasteiger partial charge in [0.2, 0.25) is 10.0 Å². The Balaban J connectivity index is 2.89. The molecular weight excluding hydrogens is 422 g/mol. The maximum atomic E-state index is 12.5. The second-order valence-electron chi connectivity index (χ2n) is 6.73. The quantitative estimate of drug-likeness (QED) is 0.264. The van der Waals surface area contributed by atoms with Crippen LogP contribution in [0.1, 0.15) is 27.2 Å². The van der Waals surface area contributed by atoms with Crippen molar-refractivity contribution < 1.29 is 27.1 Å². The number of nitro groups is 1. The van der Waals surface area contributed by atoms with Gasteiger partial charge in [-0.2, -0.15) is 9.12 Å². The Morgan fingerprint density at radius 1 is 1.34 bits per heavy atom. The zero-order valence-electron chi connectivity index (χ0n) is 16.4. The van der Waals surface area contributed by atoms with Crippen molar-refractivity contribution >= 4 is 38.9 Å². The highest BCUT2D eigenvalue weighted by atomic mass is 32.2. The first-order chi connectivity index (χ1) is 13.4. The number of nitrogens with one attached hydrogen (secondary N) is 1. The molecule has 0 bridgehead atoms. The van der Waals surface area contributed by atoms with Crippen LogP contribution in [0, 0.1) is 10.1 Å². The van der Waals surface area contributed by atoms with E-state index in [0.29, 0.717) is 0 Å². The number of esters is 1. The molecule has 160 valence electrons. The molecule has 0 saturated heterocycles. The molecule has 0 aromatic heterocycles. The molecule has 0 radical (unpaired) electrons. The SMILES string of the molecule is COC(=O)[C@H](C/C=C/C=N[S@@](=O)C(C)(C)C)NS(=O)(=O)c1ccc([N+](=O)[O-])cc1. The zero-order chi connectivity index (χ0) is 22.2. The normalized spacial score (nSPS) is 14.8. The van der Waals surface area contributed by atoms with Gasteiger partial charge in [-0.25, -0.2) is 12.6 Å². The number of ether oxygens (including phenoxy) is 1. The Labute approximate surface area is 171 Å². The molecule has 29 heavy (non-hydrogen) atoms. The second-order valence-corrected chi connectivity index (χ2v) is 10.4. The van der Waals surface area contributed by atoms with Gasteiger partial charge in [-0.3, -0.25) is 14.9 Å².